The molecule has 146 valence electrons. The molecule has 0 saturated carbocycles. The molecule has 1 aromatic heterocycles. The second-order valence-corrected chi connectivity index (χ2v) is 8.30. The van der Waals surface area contributed by atoms with Crippen LogP contribution in [0.5, 0.6) is 0 Å². The monoisotopic (exact) mass is 386 g/mol. The van der Waals surface area contributed by atoms with E-state index in [1.54, 1.807) is 11.3 Å². The maximum absolute atomic E-state index is 5.63. The molecule has 6 heteroatoms. The van der Waals surface area contributed by atoms with Gasteiger partial charge in [-0.15, -0.1) is 11.3 Å². The van der Waals surface area contributed by atoms with E-state index in [-0.39, 0.29) is 5.41 Å². The van der Waals surface area contributed by atoms with E-state index in [0.717, 1.165) is 49.3 Å². The summed E-state index contributed by atoms with van der Waals surface area (Å²) in [5, 5.41) is 10.2. The van der Waals surface area contributed by atoms with E-state index in [4.69, 9.17) is 4.74 Å². The lowest BCUT2D eigenvalue weighted by Gasteiger charge is -2.38. The average Bonchev–Trinajstić information content (AvgIpc) is 3.19. The van der Waals surface area contributed by atoms with E-state index in [1.165, 1.54) is 5.56 Å². The lowest BCUT2D eigenvalue weighted by molar-refractivity contribution is 0.0514. The number of benzene rings is 1. The first-order valence-corrected chi connectivity index (χ1v) is 10.5. The van der Waals surface area contributed by atoms with Gasteiger partial charge < -0.3 is 15.4 Å². The van der Waals surface area contributed by atoms with Crippen LogP contribution in [0.4, 0.5) is 0 Å². The normalized spacial score (nSPS) is 17.1. The van der Waals surface area contributed by atoms with Crippen LogP contribution in [-0.2, 0) is 16.7 Å². The van der Waals surface area contributed by atoms with Gasteiger partial charge in [-0.2, -0.15) is 0 Å². The number of aliphatic imine (C=N–C) groups is 1. The molecule has 27 heavy (non-hydrogen) atoms. The fourth-order valence-corrected chi connectivity index (χ4v) is 4.32. The van der Waals surface area contributed by atoms with Crippen LogP contribution < -0.4 is 10.6 Å². The molecule has 2 N–H and O–H groups in total. The molecule has 1 fully saturated rings. The predicted molar refractivity (Wildman–Crippen MR) is 113 cm³/mol. The van der Waals surface area contributed by atoms with Crippen LogP contribution in [0.25, 0.3) is 0 Å². The number of hydrogen-bond donors (Lipinski definition) is 2. The largest absolute Gasteiger partial charge is 0.381 e. The molecule has 2 heterocycles. The van der Waals surface area contributed by atoms with Gasteiger partial charge in [0.15, 0.2) is 5.96 Å². The highest BCUT2D eigenvalue weighted by Gasteiger charge is 2.34. The second kappa shape index (κ2) is 9.33. The summed E-state index contributed by atoms with van der Waals surface area (Å²) in [6, 6.07) is 10.8. The van der Waals surface area contributed by atoms with E-state index in [0.29, 0.717) is 12.5 Å². The summed E-state index contributed by atoms with van der Waals surface area (Å²) in [5.41, 5.74) is 2.62. The van der Waals surface area contributed by atoms with Crippen molar-refractivity contribution in [3.8, 4) is 0 Å². The standard InChI is InChI=1S/C21H30N4OS/c1-16(2)18-14-27-19(25-18)13-23-20(22-3)24-15-21(9-11-26-12-10-21)17-7-5-4-6-8-17/h4-8,14,16H,9-13,15H2,1-3H3,(H2,22,23,24). The summed E-state index contributed by atoms with van der Waals surface area (Å²) >= 11 is 1.70. The van der Waals surface area contributed by atoms with Gasteiger partial charge in [0.25, 0.3) is 0 Å². The third-order valence-corrected chi connectivity index (χ3v) is 6.09. The smallest absolute Gasteiger partial charge is 0.191 e. The van der Waals surface area contributed by atoms with Crippen molar-refractivity contribution in [1.29, 1.82) is 0 Å². The highest BCUT2D eigenvalue weighted by atomic mass is 32.1. The quantitative estimate of drug-likeness (QED) is 0.587. The van der Waals surface area contributed by atoms with Crippen LogP contribution in [0.1, 0.15) is 48.9 Å². The fourth-order valence-electron chi connectivity index (χ4n) is 3.43. The van der Waals surface area contributed by atoms with Gasteiger partial charge >= 0.3 is 0 Å². The van der Waals surface area contributed by atoms with Crippen molar-refractivity contribution in [1.82, 2.24) is 15.6 Å². The van der Waals surface area contributed by atoms with Gasteiger partial charge in [-0.1, -0.05) is 44.2 Å². The predicted octanol–water partition coefficient (Wildman–Crippen LogP) is 3.68. The lowest BCUT2D eigenvalue weighted by Crippen LogP contribution is -2.47. The molecule has 0 atom stereocenters. The Labute approximate surface area is 166 Å². The molecule has 1 aliphatic heterocycles. The Hall–Kier alpha value is -1.92. The maximum Gasteiger partial charge on any atom is 0.191 e. The van der Waals surface area contributed by atoms with Gasteiger partial charge in [-0.3, -0.25) is 4.99 Å². The molecule has 0 radical (unpaired) electrons. The molecule has 3 rings (SSSR count). The average molecular weight is 387 g/mol. The minimum atomic E-state index is 0.0864. The van der Waals surface area contributed by atoms with E-state index in [2.05, 4.69) is 70.2 Å². The molecule has 1 aromatic carbocycles. The van der Waals surface area contributed by atoms with Crippen molar-refractivity contribution in [2.24, 2.45) is 4.99 Å². The van der Waals surface area contributed by atoms with Crippen LogP contribution in [0, 0.1) is 0 Å². The fraction of sp³-hybridized carbons (Fsp3) is 0.524. The molecular formula is C21H30N4OS. The SMILES string of the molecule is CN=C(NCc1nc(C(C)C)cs1)NCC1(c2ccccc2)CCOCC1. The number of aromatic nitrogens is 1. The molecule has 0 aliphatic carbocycles. The van der Waals surface area contributed by atoms with Crippen molar-refractivity contribution in [3.05, 3.63) is 52.0 Å². The summed E-state index contributed by atoms with van der Waals surface area (Å²) < 4.78 is 5.63. The number of rotatable bonds is 6. The molecule has 0 spiro atoms. The zero-order chi connectivity index (χ0) is 19.1. The molecule has 0 unspecified atom stereocenters. The van der Waals surface area contributed by atoms with Crippen molar-refractivity contribution >= 4 is 17.3 Å². The van der Waals surface area contributed by atoms with Crippen molar-refractivity contribution in [3.63, 3.8) is 0 Å². The molecule has 1 aliphatic rings. The molecule has 1 saturated heterocycles. The Balaban J connectivity index is 1.61. The number of ether oxygens (including phenoxy) is 1. The minimum Gasteiger partial charge on any atom is -0.381 e. The highest BCUT2D eigenvalue weighted by Crippen LogP contribution is 2.34. The Morgan fingerprint density at radius 1 is 1.22 bits per heavy atom. The molecule has 0 amide bonds. The molecule has 0 bridgehead atoms. The van der Waals surface area contributed by atoms with Crippen LogP contribution >= 0.6 is 11.3 Å². The van der Waals surface area contributed by atoms with E-state index in [1.807, 2.05) is 7.05 Å². The zero-order valence-electron chi connectivity index (χ0n) is 16.5. The van der Waals surface area contributed by atoms with Gasteiger partial charge in [-0.05, 0) is 24.3 Å². The van der Waals surface area contributed by atoms with Gasteiger partial charge in [0.05, 0.1) is 12.2 Å². The highest BCUT2D eigenvalue weighted by molar-refractivity contribution is 7.09. The van der Waals surface area contributed by atoms with Crippen LogP contribution in [0.2, 0.25) is 0 Å². The number of hydrogen-bond acceptors (Lipinski definition) is 4. The van der Waals surface area contributed by atoms with Gasteiger partial charge in [-0.25, -0.2) is 4.98 Å². The number of thiazole rings is 1. The van der Waals surface area contributed by atoms with Crippen LogP contribution in [-0.4, -0.2) is 37.7 Å². The first-order chi connectivity index (χ1) is 13.1. The lowest BCUT2D eigenvalue weighted by atomic mass is 9.74. The van der Waals surface area contributed by atoms with Crippen LogP contribution in [0.3, 0.4) is 0 Å². The minimum absolute atomic E-state index is 0.0864. The molecule has 5 nitrogen and oxygen atoms in total. The van der Waals surface area contributed by atoms with E-state index in [9.17, 15) is 0 Å². The zero-order valence-corrected chi connectivity index (χ0v) is 17.3. The number of nitrogens with zero attached hydrogens (tertiary/aromatic N) is 2. The third-order valence-electron chi connectivity index (χ3n) is 5.22. The van der Waals surface area contributed by atoms with E-state index < -0.39 is 0 Å². The number of guanidine groups is 1. The maximum atomic E-state index is 5.63. The van der Waals surface area contributed by atoms with Crippen LogP contribution in [0.15, 0.2) is 40.7 Å². The van der Waals surface area contributed by atoms with Crippen molar-refractivity contribution < 1.29 is 4.74 Å². The van der Waals surface area contributed by atoms with E-state index >= 15 is 0 Å². The summed E-state index contributed by atoms with van der Waals surface area (Å²) in [5.74, 6) is 1.28. The van der Waals surface area contributed by atoms with Gasteiger partial charge in [0.2, 0.25) is 0 Å². The summed E-state index contributed by atoms with van der Waals surface area (Å²) in [7, 11) is 1.82. The third kappa shape index (κ3) is 5.08. The summed E-state index contributed by atoms with van der Waals surface area (Å²) in [6.07, 6.45) is 2.04. The summed E-state index contributed by atoms with van der Waals surface area (Å²) in [4.78, 5) is 9.08. The van der Waals surface area contributed by atoms with Crippen molar-refractivity contribution in [2.75, 3.05) is 26.8 Å². The Morgan fingerprint density at radius 2 is 1.96 bits per heavy atom. The Kier molecular flexibility index (Phi) is 6.85. The first kappa shape index (κ1) is 19.8. The van der Waals surface area contributed by atoms with Gasteiger partial charge in [0, 0.05) is 37.6 Å². The topological polar surface area (TPSA) is 58.5 Å². The summed E-state index contributed by atoms with van der Waals surface area (Å²) in [6.45, 7) is 7.49. The molecule has 2 aromatic rings. The second-order valence-electron chi connectivity index (χ2n) is 7.36. The van der Waals surface area contributed by atoms with Gasteiger partial charge in [0.1, 0.15) is 5.01 Å². The Morgan fingerprint density at radius 3 is 2.59 bits per heavy atom. The first-order valence-electron chi connectivity index (χ1n) is 9.65. The number of nitrogens with one attached hydrogen (secondary N) is 2. The Bertz CT molecular complexity index is 736. The molecular weight excluding hydrogens is 356 g/mol. The van der Waals surface area contributed by atoms with Crippen molar-refractivity contribution in [2.45, 2.75) is 44.6 Å².